The third kappa shape index (κ3) is 10.4. The lowest BCUT2D eigenvalue weighted by Gasteiger charge is -2.06. The highest BCUT2D eigenvalue weighted by molar-refractivity contribution is 5.87. The van der Waals surface area contributed by atoms with Crippen molar-refractivity contribution in [3.63, 3.8) is 0 Å². The summed E-state index contributed by atoms with van der Waals surface area (Å²) >= 11 is 0. The van der Waals surface area contributed by atoms with Crippen LogP contribution in [0.5, 0.6) is 0 Å². The molecule has 5 nitrogen and oxygen atoms in total. The first kappa shape index (κ1) is 18.9. The second-order valence-electron chi connectivity index (χ2n) is 3.95. The minimum atomic E-state index is -5.08. The first-order valence-corrected chi connectivity index (χ1v) is 6.07. The Hall–Kier alpha value is -2.09. The lowest BCUT2D eigenvalue weighted by Crippen LogP contribution is -2.27. The number of hydrogen-bond acceptors (Lipinski definition) is 3. The third-order valence-corrected chi connectivity index (χ3v) is 2.19. The van der Waals surface area contributed by atoms with E-state index in [0.29, 0.717) is 19.0 Å². The fourth-order valence-corrected chi connectivity index (χ4v) is 1.21. The van der Waals surface area contributed by atoms with Crippen LogP contribution in [0.4, 0.5) is 13.2 Å². The van der Waals surface area contributed by atoms with Gasteiger partial charge in [0.25, 0.3) is 0 Å². The van der Waals surface area contributed by atoms with Crippen LogP contribution in [0.3, 0.4) is 0 Å². The minimum Gasteiger partial charge on any atom is -0.475 e. The number of halogens is 3. The molecule has 0 radical (unpaired) electrons. The zero-order valence-electron chi connectivity index (χ0n) is 11.1. The predicted molar refractivity (Wildman–Crippen MR) is 71.3 cm³/mol. The average Bonchev–Trinajstić information content (AvgIpc) is 2.43. The Balaban J connectivity index is 0.000000486. The molecule has 0 fully saturated rings. The molecule has 1 amide bonds. The van der Waals surface area contributed by atoms with Crippen molar-refractivity contribution in [3.05, 3.63) is 36.5 Å². The van der Waals surface area contributed by atoms with Gasteiger partial charge in [0.2, 0.25) is 5.91 Å². The molecule has 8 heteroatoms. The molecule has 4 N–H and O–H groups in total. The standard InChI is InChI=1S/C11H16N2O.C2HF3O2/c12-8-9-13-11(14)7-6-10-4-2-1-3-5-10;3-2(4,5)1(6)7/h1-4,6-7,10H,5,8-9,12H2,(H,13,14);(H,6,7). The first-order valence-electron chi connectivity index (χ1n) is 6.07. The Morgan fingerprint density at radius 1 is 1.38 bits per heavy atom. The summed E-state index contributed by atoms with van der Waals surface area (Å²) in [5.74, 6) is -2.48. The van der Waals surface area contributed by atoms with Crippen molar-refractivity contribution in [2.75, 3.05) is 13.1 Å². The Morgan fingerprint density at radius 2 is 2.00 bits per heavy atom. The number of nitrogens with one attached hydrogen (secondary N) is 1. The molecular weight excluding hydrogens is 289 g/mol. The Morgan fingerprint density at radius 3 is 2.43 bits per heavy atom. The van der Waals surface area contributed by atoms with Gasteiger partial charge in [-0.1, -0.05) is 30.4 Å². The van der Waals surface area contributed by atoms with Gasteiger partial charge in [-0.05, 0) is 18.4 Å². The number of carboxylic acid groups (broad SMARTS) is 1. The van der Waals surface area contributed by atoms with Crippen LogP contribution in [-0.4, -0.2) is 36.2 Å². The molecule has 1 atom stereocenters. The van der Waals surface area contributed by atoms with Crippen molar-refractivity contribution in [1.29, 1.82) is 0 Å². The summed E-state index contributed by atoms with van der Waals surface area (Å²) in [5, 5.41) is 9.80. The van der Waals surface area contributed by atoms with Gasteiger partial charge in [0.15, 0.2) is 0 Å². The molecular formula is C13H17F3N2O3. The molecule has 1 aliphatic carbocycles. The highest BCUT2D eigenvalue weighted by Gasteiger charge is 2.38. The van der Waals surface area contributed by atoms with Crippen molar-refractivity contribution in [3.8, 4) is 0 Å². The molecule has 0 aromatic rings. The number of aliphatic carboxylic acids is 1. The van der Waals surface area contributed by atoms with E-state index in [1.807, 2.05) is 18.2 Å². The minimum absolute atomic E-state index is 0.0709. The van der Waals surface area contributed by atoms with E-state index in [1.54, 1.807) is 6.08 Å². The molecule has 0 aromatic heterocycles. The summed E-state index contributed by atoms with van der Waals surface area (Å²) in [6.45, 7) is 1.01. The van der Waals surface area contributed by atoms with Crippen LogP contribution in [0.25, 0.3) is 0 Å². The number of allylic oxidation sites excluding steroid dienone is 5. The van der Waals surface area contributed by atoms with Gasteiger partial charge in [-0.3, -0.25) is 4.79 Å². The Bertz CT molecular complexity index is 429. The molecule has 118 valence electrons. The third-order valence-electron chi connectivity index (χ3n) is 2.19. The summed E-state index contributed by atoms with van der Waals surface area (Å²) in [7, 11) is 0. The summed E-state index contributed by atoms with van der Waals surface area (Å²) in [4.78, 5) is 20.0. The quantitative estimate of drug-likeness (QED) is 0.684. The van der Waals surface area contributed by atoms with E-state index in [1.165, 1.54) is 0 Å². The molecule has 0 bridgehead atoms. The van der Waals surface area contributed by atoms with E-state index >= 15 is 0 Å². The Kier molecular flexibility index (Phi) is 8.79. The van der Waals surface area contributed by atoms with Gasteiger partial charge in [0, 0.05) is 13.1 Å². The molecule has 0 saturated carbocycles. The summed E-state index contributed by atoms with van der Waals surface area (Å²) < 4.78 is 31.7. The average molecular weight is 306 g/mol. The van der Waals surface area contributed by atoms with E-state index in [4.69, 9.17) is 15.6 Å². The number of nitrogens with two attached hydrogens (primary N) is 1. The monoisotopic (exact) mass is 306 g/mol. The van der Waals surface area contributed by atoms with Crippen molar-refractivity contribution < 1.29 is 27.9 Å². The van der Waals surface area contributed by atoms with Crippen molar-refractivity contribution >= 4 is 11.9 Å². The fraction of sp³-hybridized carbons (Fsp3) is 0.385. The molecule has 0 saturated heterocycles. The molecule has 0 aromatic carbocycles. The van der Waals surface area contributed by atoms with E-state index in [-0.39, 0.29) is 5.91 Å². The normalized spacial score (nSPS) is 17.2. The first-order chi connectivity index (χ1) is 9.77. The number of carbonyl (C=O) groups excluding carboxylic acids is 1. The van der Waals surface area contributed by atoms with Gasteiger partial charge in [0.05, 0.1) is 0 Å². The molecule has 0 spiro atoms. The zero-order chi connectivity index (χ0) is 16.3. The van der Waals surface area contributed by atoms with Gasteiger partial charge in [-0.25, -0.2) is 4.79 Å². The number of carboxylic acids is 1. The van der Waals surface area contributed by atoms with Crippen LogP contribution in [0.15, 0.2) is 36.5 Å². The predicted octanol–water partition coefficient (Wildman–Crippen LogP) is 1.38. The zero-order valence-corrected chi connectivity index (χ0v) is 11.1. The van der Waals surface area contributed by atoms with Crippen molar-refractivity contribution in [2.24, 2.45) is 11.7 Å². The highest BCUT2D eigenvalue weighted by atomic mass is 19.4. The number of carbonyl (C=O) groups is 2. The fourth-order valence-electron chi connectivity index (χ4n) is 1.21. The SMILES string of the molecule is NCCNC(=O)C=CC1C=CC=CC1.O=C(O)C(F)(F)F. The topological polar surface area (TPSA) is 92.4 Å². The molecule has 21 heavy (non-hydrogen) atoms. The molecule has 0 aliphatic heterocycles. The van der Waals surface area contributed by atoms with Crippen molar-refractivity contribution in [2.45, 2.75) is 12.6 Å². The maximum absolute atomic E-state index is 11.1. The van der Waals surface area contributed by atoms with Gasteiger partial charge in [-0.15, -0.1) is 0 Å². The van der Waals surface area contributed by atoms with Crippen LogP contribution in [0, 0.1) is 5.92 Å². The number of hydrogen-bond donors (Lipinski definition) is 3. The number of amides is 1. The number of alkyl halides is 3. The molecule has 0 heterocycles. The maximum atomic E-state index is 11.1. The Labute approximate surface area is 120 Å². The van der Waals surface area contributed by atoms with Crippen molar-refractivity contribution in [1.82, 2.24) is 5.32 Å². The largest absolute Gasteiger partial charge is 0.490 e. The van der Waals surface area contributed by atoms with Crippen LogP contribution in [-0.2, 0) is 9.59 Å². The highest BCUT2D eigenvalue weighted by Crippen LogP contribution is 2.13. The van der Waals surface area contributed by atoms with Crippen LogP contribution < -0.4 is 11.1 Å². The molecule has 1 aliphatic rings. The van der Waals surface area contributed by atoms with Gasteiger partial charge in [-0.2, -0.15) is 13.2 Å². The smallest absolute Gasteiger partial charge is 0.475 e. The van der Waals surface area contributed by atoms with E-state index in [2.05, 4.69) is 17.5 Å². The van der Waals surface area contributed by atoms with E-state index in [0.717, 1.165) is 6.42 Å². The lowest BCUT2D eigenvalue weighted by atomic mass is 10.0. The summed E-state index contributed by atoms with van der Waals surface area (Å²) in [5.41, 5.74) is 5.26. The van der Waals surface area contributed by atoms with Crippen LogP contribution in [0.1, 0.15) is 6.42 Å². The summed E-state index contributed by atoms with van der Waals surface area (Å²) in [6, 6.07) is 0. The number of rotatable bonds is 4. The second-order valence-corrected chi connectivity index (χ2v) is 3.95. The van der Waals surface area contributed by atoms with Crippen LogP contribution in [0.2, 0.25) is 0 Å². The van der Waals surface area contributed by atoms with E-state index in [9.17, 15) is 18.0 Å². The maximum Gasteiger partial charge on any atom is 0.490 e. The van der Waals surface area contributed by atoms with Gasteiger partial charge in [0.1, 0.15) is 0 Å². The second kappa shape index (κ2) is 9.76. The molecule has 1 rings (SSSR count). The van der Waals surface area contributed by atoms with Gasteiger partial charge < -0.3 is 16.2 Å². The van der Waals surface area contributed by atoms with Gasteiger partial charge >= 0.3 is 12.1 Å². The van der Waals surface area contributed by atoms with Crippen LogP contribution >= 0.6 is 0 Å². The lowest BCUT2D eigenvalue weighted by molar-refractivity contribution is -0.192. The molecule has 1 unspecified atom stereocenters. The summed E-state index contributed by atoms with van der Waals surface area (Å²) in [6.07, 6.45) is 7.54. The van der Waals surface area contributed by atoms with E-state index < -0.39 is 12.1 Å².